The molecule has 0 atom stereocenters. The van der Waals surface area contributed by atoms with E-state index in [-0.39, 0.29) is 11.9 Å². The first-order chi connectivity index (χ1) is 12.2. The predicted octanol–water partition coefficient (Wildman–Crippen LogP) is 4.33. The van der Waals surface area contributed by atoms with Crippen LogP contribution in [0.3, 0.4) is 0 Å². The number of hydrogen-bond acceptors (Lipinski definition) is 4. The van der Waals surface area contributed by atoms with E-state index in [4.69, 9.17) is 4.74 Å². The Balaban J connectivity index is 2.26. The largest absolute Gasteiger partial charge is 0.464 e. The number of unbranched alkanes of at least 4 members (excludes halogenated alkanes) is 6. The molecule has 0 spiro atoms. The maximum atomic E-state index is 12.5. The van der Waals surface area contributed by atoms with Gasteiger partial charge in [-0.05, 0) is 19.9 Å². The summed E-state index contributed by atoms with van der Waals surface area (Å²) < 4.78 is 5.65. The van der Waals surface area contributed by atoms with Crippen molar-refractivity contribution >= 4 is 5.97 Å². The van der Waals surface area contributed by atoms with Crippen molar-refractivity contribution in [3.63, 3.8) is 0 Å². The number of nitrogens with zero attached hydrogens (tertiary/aromatic N) is 2. The summed E-state index contributed by atoms with van der Waals surface area (Å²) in [7, 11) is 2.17. The smallest absolute Gasteiger partial charge is 0.308 e. The van der Waals surface area contributed by atoms with Crippen molar-refractivity contribution in [1.82, 2.24) is 9.80 Å². The number of esters is 1. The van der Waals surface area contributed by atoms with Crippen LogP contribution in [0.5, 0.6) is 0 Å². The number of rotatable bonds is 14. The van der Waals surface area contributed by atoms with Gasteiger partial charge < -0.3 is 9.64 Å². The fourth-order valence-corrected chi connectivity index (χ4v) is 3.48. The molecule has 4 nitrogen and oxygen atoms in total. The van der Waals surface area contributed by atoms with Crippen LogP contribution in [0, 0.1) is 5.92 Å². The van der Waals surface area contributed by atoms with Crippen molar-refractivity contribution in [2.45, 2.75) is 78.1 Å². The molecule has 1 heterocycles. The maximum absolute atomic E-state index is 12.5. The molecule has 0 aliphatic carbocycles. The van der Waals surface area contributed by atoms with Crippen molar-refractivity contribution in [3.05, 3.63) is 0 Å². The van der Waals surface area contributed by atoms with Crippen LogP contribution in [0.25, 0.3) is 0 Å². The fraction of sp³-hybridized carbons (Fsp3) is 0.952. The normalized spacial score (nSPS) is 16.5. The highest BCUT2D eigenvalue weighted by Gasteiger charge is 2.20. The van der Waals surface area contributed by atoms with Crippen LogP contribution in [0.2, 0.25) is 0 Å². The highest BCUT2D eigenvalue weighted by atomic mass is 16.5. The Kier molecular flexibility index (Phi) is 13.1. The van der Waals surface area contributed by atoms with Gasteiger partial charge in [0.2, 0.25) is 0 Å². The molecule has 0 aromatic carbocycles. The molecule has 4 heteroatoms. The highest BCUT2D eigenvalue weighted by molar-refractivity contribution is 5.72. The summed E-state index contributed by atoms with van der Waals surface area (Å²) in [5, 5.41) is 0. The van der Waals surface area contributed by atoms with Crippen LogP contribution in [0.1, 0.15) is 78.1 Å². The Morgan fingerprint density at radius 1 is 0.880 bits per heavy atom. The second-order valence-corrected chi connectivity index (χ2v) is 7.71. The van der Waals surface area contributed by atoms with Crippen LogP contribution in [-0.4, -0.2) is 62.1 Å². The Bertz CT molecular complexity index is 316. The number of piperazine rings is 1. The molecular formula is C21H42N2O2. The van der Waals surface area contributed by atoms with Gasteiger partial charge in [0.15, 0.2) is 0 Å². The number of ether oxygens (including phenoxy) is 1. The fourth-order valence-electron chi connectivity index (χ4n) is 3.48. The SMILES string of the molecule is CCCCCCC(CCCCCC)C(=O)OCCN1CCN(C)CC1. The molecule has 0 N–H and O–H groups in total. The lowest BCUT2D eigenvalue weighted by Gasteiger charge is -2.32. The molecule has 0 aromatic heterocycles. The van der Waals surface area contributed by atoms with E-state index in [1.807, 2.05) is 0 Å². The topological polar surface area (TPSA) is 32.8 Å². The lowest BCUT2D eigenvalue weighted by Crippen LogP contribution is -2.45. The zero-order valence-corrected chi connectivity index (χ0v) is 17.1. The van der Waals surface area contributed by atoms with Crippen LogP contribution in [0.4, 0.5) is 0 Å². The van der Waals surface area contributed by atoms with Crippen molar-refractivity contribution < 1.29 is 9.53 Å². The molecular weight excluding hydrogens is 312 g/mol. The molecule has 0 radical (unpaired) electrons. The minimum absolute atomic E-state index is 0.0575. The van der Waals surface area contributed by atoms with E-state index in [1.165, 1.54) is 51.4 Å². The molecule has 1 rings (SSSR count). The quantitative estimate of drug-likeness (QED) is 0.343. The van der Waals surface area contributed by atoms with Gasteiger partial charge in [0, 0.05) is 32.7 Å². The number of likely N-dealkylation sites (N-methyl/N-ethyl adjacent to an activating group) is 1. The molecule has 0 aromatic rings. The standard InChI is InChI=1S/C21H42N2O2/c1-4-6-8-10-12-20(13-11-9-7-5-2)21(24)25-19-18-23-16-14-22(3)15-17-23/h20H,4-19H2,1-3H3. The molecule has 0 unspecified atom stereocenters. The Morgan fingerprint density at radius 2 is 1.44 bits per heavy atom. The second kappa shape index (κ2) is 14.5. The summed E-state index contributed by atoms with van der Waals surface area (Å²) in [6.45, 7) is 10.3. The summed E-state index contributed by atoms with van der Waals surface area (Å²) in [6.07, 6.45) is 11.9. The van der Waals surface area contributed by atoms with Gasteiger partial charge in [0.05, 0.1) is 5.92 Å². The molecule has 1 aliphatic rings. The van der Waals surface area contributed by atoms with Gasteiger partial charge in [-0.25, -0.2) is 0 Å². The molecule has 1 saturated heterocycles. The average molecular weight is 355 g/mol. The Hall–Kier alpha value is -0.610. The third-order valence-corrected chi connectivity index (χ3v) is 5.39. The summed E-state index contributed by atoms with van der Waals surface area (Å²) >= 11 is 0. The van der Waals surface area contributed by atoms with E-state index in [0.717, 1.165) is 45.6 Å². The van der Waals surface area contributed by atoms with Crippen molar-refractivity contribution in [2.24, 2.45) is 5.92 Å². The van der Waals surface area contributed by atoms with Crippen molar-refractivity contribution in [3.8, 4) is 0 Å². The van der Waals surface area contributed by atoms with Crippen molar-refractivity contribution in [1.29, 1.82) is 0 Å². The van der Waals surface area contributed by atoms with Gasteiger partial charge in [-0.15, -0.1) is 0 Å². The van der Waals surface area contributed by atoms with Gasteiger partial charge in [-0.2, -0.15) is 0 Å². The molecule has 0 amide bonds. The molecule has 0 bridgehead atoms. The number of carbonyl (C=O) groups excluding carboxylic acids is 1. The van der Waals surface area contributed by atoms with Crippen LogP contribution in [-0.2, 0) is 9.53 Å². The van der Waals surface area contributed by atoms with Gasteiger partial charge in [-0.1, -0.05) is 65.2 Å². The molecule has 1 aliphatic heterocycles. The van der Waals surface area contributed by atoms with Crippen LogP contribution < -0.4 is 0 Å². The molecule has 148 valence electrons. The molecule has 25 heavy (non-hydrogen) atoms. The first-order valence-corrected chi connectivity index (χ1v) is 10.7. The van der Waals surface area contributed by atoms with Crippen LogP contribution >= 0.6 is 0 Å². The Labute approximate surface area is 156 Å². The lowest BCUT2D eigenvalue weighted by molar-refractivity contribution is -0.149. The van der Waals surface area contributed by atoms with Gasteiger partial charge in [0.25, 0.3) is 0 Å². The molecule has 1 fully saturated rings. The number of hydrogen-bond donors (Lipinski definition) is 0. The Morgan fingerprint density at radius 3 is 1.96 bits per heavy atom. The van der Waals surface area contributed by atoms with Gasteiger partial charge >= 0.3 is 5.97 Å². The van der Waals surface area contributed by atoms with Gasteiger partial charge in [-0.3, -0.25) is 9.69 Å². The third kappa shape index (κ3) is 10.9. The minimum Gasteiger partial charge on any atom is -0.464 e. The van der Waals surface area contributed by atoms with E-state index in [1.54, 1.807) is 0 Å². The minimum atomic E-state index is 0.0575. The summed E-state index contributed by atoms with van der Waals surface area (Å²) in [4.78, 5) is 17.3. The monoisotopic (exact) mass is 354 g/mol. The van der Waals surface area contributed by atoms with Crippen molar-refractivity contribution in [2.75, 3.05) is 46.4 Å². The second-order valence-electron chi connectivity index (χ2n) is 7.71. The van der Waals surface area contributed by atoms with E-state index in [2.05, 4.69) is 30.7 Å². The number of carbonyl (C=O) groups is 1. The maximum Gasteiger partial charge on any atom is 0.308 e. The lowest BCUT2D eigenvalue weighted by atomic mass is 9.94. The first kappa shape index (κ1) is 22.4. The first-order valence-electron chi connectivity index (χ1n) is 10.7. The summed E-state index contributed by atoms with van der Waals surface area (Å²) in [6, 6.07) is 0. The highest BCUT2D eigenvalue weighted by Crippen LogP contribution is 2.20. The zero-order chi connectivity index (χ0) is 18.3. The van der Waals surface area contributed by atoms with E-state index < -0.39 is 0 Å². The van der Waals surface area contributed by atoms with Crippen LogP contribution in [0.15, 0.2) is 0 Å². The van der Waals surface area contributed by atoms with Gasteiger partial charge in [0.1, 0.15) is 6.61 Å². The van der Waals surface area contributed by atoms with E-state index in [0.29, 0.717) is 6.61 Å². The van der Waals surface area contributed by atoms with E-state index >= 15 is 0 Å². The van der Waals surface area contributed by atoms with E-state index in [9.17, 15) is 4.79 Å². The predicted molar refractivity (Wildman–Crippen MR) is 106 cm³/mol. The zero-order valence-electron chi connectivity index (χ0n) is 17.1. The third-order valence-electron chi connectivity index (χ3n) is 5.39. The average Bonchev–Trinajstić information content (AvgIpc) is 2.62. The molecule has 0 saturated carbocycles. The summed E-state index contributed by atoms with van der Waals surface area (Å²) in [5.74, 6) is 0.184. The summed E-state index contributed by atoms with van der Waals surface area (Å²) in [5.41, 5.74) is 0.